The molecule has 1 amide bonds. The Bertz CT molecular complexity index is 231. The van der Waals surface area contributed by atoms with Crippen LogP contribution in [0.25, 0.3) is 0 Å². The fourth-order valence-electron chi connectivity index (χ4n) is 1.17. The molecule has 5 heteroatoms. The highest BCUT2D eigenvalue weighted by molar-refractivity contribution is 7.84. The first-order chi connectivity index (χ1) is 6.90. The van der Waals surface area contributed by atoms with Gasteiger partial charge in [0.25, 0.3) is 0 Å². The molecule has 0 saturated heterocycles. The van der Waals surface area contributed by atoms with Crippen LogP contribution < -0.4 is 11.1 Å². The van der Waals surface area contributed by atoms with Crippen LogP contribution in [0.15, 0.2) is 0 Å². The van der Waals surface area contributed by atoms with Crippen molar-refractivity contribution in [2.45, 2.75) is 26.0 Å². The van der Waals surface area contributed by atoms with Crippen LogP contribution in [0.1, 0.15) is 20.8 Å². The molecule has 0 aliphatic rings. The highest BCUT2D eigenvalue weighted by Gasteiger charge is 2.20. The fourth-order valence-corrected chi connectivity index (χ4v) is 1.49. The molecule has 0 radical (unpaired) electrons. The monoisotopic (exact) mass is 234 g/mol. The van der Waals surface area contributed by atoms with Crippen LogP contribution in [-0.4, -0.2) is 34.7 Å². The van der Waals surface area contributed by atoms with Crippen molar-refractivity contribution in [3.05, 3.63) is 0 Å². The largest absolute Gasteiger partial charge is 0.355 e. The minimum Gasteiger partial charge on any atom is -0.355 e. The molecular weight excluding hydrogens is 212 g/mol. The molecular formula is C10H22N2O2S. The molecule has 0 saturated carbocycles. The van der Waals surface area contributed by atoms with Crippen molar-refractivity contribution in [1.82, 2.24) is 5.32 Å². The summed E-state index contributed by atoms with van der Waals surface area (Å²) in [5, 5.41) is 2.77. The number of hydrogen-bond donors (Lipinski definition) is 2. The average Bonchev–Trinajstić information content (AvgIpc) is 2.14. The van der Waals surface area contributed by atoms with E-state index in [1.165, 1.54) is 0 Å². The molecule has 0 bridgehead atoms. The van der Waals surface area contributed by atoms with E-state index >= 15 is 0 Å². The summed E-state index contributed by atoms with van der Waals surface area (Å²) in [5.74, 6) is 0.0460. The number of rotatable bonds is 6. The topological polar surface area (TPSA) is 72.2 Å². The summed E-state index contributed by atoms with van der Waals surface area (Å²) in [6.07, 6.45) is 1.64. The van der Waals surface area contributed by atoms with Gasteiger partial charge in [-0.2, -0.15) is 0 Å². The lowest BCUT2D eigenvalue weighted by atomic mass is 9.95. The highest BCUT2D eigenvalue weighted by Crippen LogP contribution is 2.08. The zero-order valence-electron chi connectivity index (χ0n) is 9.95. The van der Waals surface area contributed by atoms with Gasteiger partial charge in [0.2, 0.25) is 5.91 Å². The molecule has 4 nitrogen and oxygen atoms in total. The minimum absolute atomic E-state index is 0.0143. The van der Waals surface area contributed by atoms with Gasteiger partial charge in [-0.1, -0.05) is 13.8 Å². The Morgan fingerprint density at radius 2 is 1.93 bits per heavy atom. The molecule has 0 aromatic carbocycles. The zero-order valence-corrected chi connectivity index (χ0v) is 10.8. The molecule has 90 valence electrons. The minimum atomic E-state index is -0.899. The Kier molecular flexibility index (Phi) is 6.76. The Balaban J connectivity index is 4.07. The third kappa shape index (κ3) is 5.28. The number of nitrogens with two attached hydrogens (primary N) is 1. The molecule has 0 spiro atoms. The smallest absolute Gasteiger partial charge is 0.224 e. The second-order valence-electron chi connectivity index (χ2n) is 4.14. The first-order valence-electron chi connectivity index (χ1n) is 5.20. The first-order valence-corrected chi connectivity index (χ1v) is 6.82. The van der Waals surface area contributed by atoms with E-state index < -0.39 is 10.8 Å². The Labute approximate surface area is 94.4 Å². The summed E-state index contributed by atoms with van der Waals surface area (Å²) >= 11 is 0. The number of carbonyl (C=O) groups is 1. The zero-order chi connectivity index (χ0) is 12.0. The SMILES string of the molecule is CC(C)C(CN)C(=O)NCC(C)S(C)=O. The van der Waals surface area contributed by atoms with Gasteiger partial charge in [-0.3, -0.25) is 9.00 Å². The van der Waals surface area contributed by atoms with E-state index in [2.05, 4.69) is 5.32 Å². The summed E-state index contributed by atoms with van der Waals surface area (Å²) in [6, 6.07) is 0. The molecule has 0 rings (SSSR count). The van der Waals surface area contributed by atoms with Crippen LogP contribution in [0, 0.1) is 11.8 Å². The van der Waals surface area contributed by atoms with Crippen molar-refractivity contribution in [2.24, 2.45) is 17.6 Å². The summed E-state index contributed by atoms with van der Waals surface area (Å²) in [6.45, 7) is 6.60. The van der Waals surface area contributed by atoms with Gasteiger partial charge < -0.3 is 11.1 Å². The van der Waals surface area contributed by atoms with Crippen LogP contribution in [0.3, 0.4) is 0 Å². The molecule has 15 heavy (non-hydrogen) atoms. The third-order valence-electron chi connectivity index (χ3n) is 2.53. The number of nitrogens with one attached hydrogen (secondary N) is 1. The maximum absolute atomic E-state index is 11.7. The van der Waals surface area contributed by atoms with Gasteiger partial charge >= 0.3 is 0 Å². The normalized spacial score (nSPS) is 17.2. The lowest BCUT2D eigenvalue weighted by Gasteiger charge is -2.19. The van der Waals surface area contributed by atoms with E-state index in [1.54, 1.807) is 6.26 Å². The van der Waals surface area contributed by atoms with Crippen molar-refractivity contribution >= 4 is 16.7 Å². The number of amides is 1. The molecule has 3 unspecified atom stereocenters. The lowest BCUT2D eigenvalue weighted by molar-refractivity contribution is -0.125. The molecule has 3 atom stereocenters. The first kappa shape index (κ1) is 14.6. The van der Waals surface area contributed by atoms with Crippen LogP contribution in [0.2, 0.25) is 0 Å². The van der Waals surface area contributed by atoms with Crippen LogP contribution >= 0.6 is 0 Å². The average molecular weight is 234 g/mol. The van der Waals surface area contributed by atoms with Gasteiger partial charge in [-0.25, -0.2) is 0 Å². The number of carbonyl (C=O) groups excluding carboxylic acids is 1. The second-order valence-corrected chi connectivity index (χ2v) is 5.94. The van der Waals surface area contributed by atoms with Crippen LogP contribution in [0.4, 0.5) is 0 Å². The summed E-state index contributed by atoms with van der Waals surface area (Å²) in [5.41, 5.74) is 5.52. The maximum Gasteiger partial charge on any atom is 0.224 e. The van der Waals surface area contributed by atoms with E-state index in [-0.39, 0.29) is 23.0 Å². The van der Waals surface area contributed by atoms with Gasteiger partial charge in [0.1, 0.15) is 0 Å². The molecule has 0 aromatic rings. The van der Waals surface area contributed by atoms with Crippen molar-refractivity contribution in [1.29, 1.82) is 0 Å². The van der Waals surface area contributed by atoms with Crippen molar-refractivity contribution < 1.29 is 9.00 Å². The van der Waals surface area contributed by atoms with E-state index in [9.17, 15) is 9.00 Å². The molecule has 3 N–H and O–H groups in total. The van der Waals surface area contributed by atoms with Crippen LogP contribution in [0.5, 0.6) is 0 Å². The summed E-state index contributed by atoms with van der Waals surface area (Å²) in [4.78, 5) is 11.7. The third-order valence-corrected chi connectivity index (χ3v) is 3.83. The Morgan fingerprint density at radius 3 is 2.27 bits per heavy atom. The van der Waals surface area contributed by atoms with E-state index in [4.69, 9.17) is 5.73 Å². The lowest BCUT2D eigenvalue weighted by Crippen LogP contribution is -2.41. The standard InChI is InChI=1S/C10H22N2O2S/c1-7(2)9(5-11)10(13)12-6-8(3)15(4)14/h7-9H,5-6,11H2,1-4H3,(H,12,13). The molecule has 0 aromatic heterocycles. The van der Waals surface area contributed by atoms with Crippen LogP contribution in [-0.2, 0) is 15.6 Å². The Morgan fingerprint density at radius 1 is 1.40 bits per heavy atom. The van der Waals surface area contributed by atoms with E-state index in [0.717, 1.165) is 0 Å². The Hall–Kier alpha value is -0.420. The molecule has 0 fully saturated rings. The van der Waals surface area contributed by atoms with Crippen molar-refractivity contribution in [2.75, 3.05) is 19.3 Å². The summed E-state index contributed by atoms with van der Waals surface area (Å²) < 4.78 is 11.1. The van der Waals surface area contributed by atoms with Crippen molar-refractivity contribution in [3.63, 3.8) is 0 Å². The van der Waals surface area contributed by atoms with E-state index in [1.807, 2.05) is 20.8 Å². The number of hydrogen-bond acceptors (Lipinski definition) is 3. The quantitative estimate of drug-likeness (QED) is 0.684. The summed E-state index contributed by atoms with van der Waals surface area (Å²) in [7, 11) is -0.899. The van der Waals surface area contributed by atoms with Gasteiger partial charge in [0.05, 0.1) is 5.92 Å². The van der Waals surface area contributed by atoms with Gasteiger partial charge in [0.15, 0.2) is 0 Å². The van der Waals surface area contributed by atoms with Crippen molar-refractivity contribution in [3.8, 4) is 0 Å². The molecule has 0 aliphatic heterocycles. The predicted molar refractivity (Wildman–Crippen MR) is 63.9 cm³/mol. The van der Waals surface area contributed by atoms with Gasteiger partial charge in [0, 0.05) is 35.4 Å². The maximum atomic E-state index is 11.7. The highest BCUT2D eigenvalue weighted by atomic mass is 32.2. The molecule has 0 heterocycles. The van der Waals surface area contributed by atoms with Gasteiger partial charge in [-0.15, -0.1) is 0 Å². The van der Waals surface area contributed by atoms with Gasteiger partial charge in [-0.05, 0) is 12.8 Å². The second kappa shape index (κ2) is 6.95. The fraction of sp³-hybridized carbons (Fsp3) is 0.900. The predicted octanol–water partition coefficient (Wildman–Crippen LogP) is 0.101. The van der Waals surface area contributed by atoms with E-state index in [0.29, 0.717) is 13.1 Å². The molecule has 0 aliphatic carbocycles.